The molecule has 10 heteroatoms. The van der Waals surface area contributed by atoms with Gasteiger partial charge in [-0.1, -0.05) is 276 Å². The number of carbonyl (C=O) groups excluding carboxylic acids is 2. The molecule has 0 rings (SSSR count). The van der Waals surface area contributed by atoms with Crippen LogP contribution >= 0.6 is 7.82 Å². The van der Waals surface area contributed by atoms with Gasteiger partial charge in [-0.2, -0.15) is 0 Å². The Morgan fingerprint density at radius 2 is 0.744 bits per heavy atom. The number of amides is 1. The number of hydrogen-bond acceptors (Lipinski definition) is 6. The van der Waals surface area contributed by atoms with Crippen molar-refractivity contribution in [2.24, 2.45) is 0 Å². The van der Waals surface area contributed by atoms with Gasteiger partial charge in [0.25, 0.3) is 0 Å². The number of ether oxygens (including phenoxy) is 1. The predicted octanol–water partition coefficient (Wildman–Crippen LogP) is 22.2. The molecule has 490 valence electrons. The lowest BCUT2D eigenvalue weighted by molar-refractivity contribution is -0.870. The lowest BCUT2D eigenvalue weighted by Gasteiger charge is -2.27. The van der Waals surface area contributed by atoms with E-state index in [1.54, 1.807) is 0 Å². The molecule has 1 amide bonds. The van der Waals surface area contributed by atoms with E-state index in [1.807, 2.05) is 33.3 Å². The van der Waals surface area contributed by atoms with Crippen molar-refractivity contribution in [2.45, 2.75) is 283 Å². The van der Waals surface area contributed by atoms with Crippen molar-refractivity contribution >= 4 is 19.7 Å². The monoisotopic (exact) mass is 1210 g/mol. The number of likely N-dealkylation sites (N-methyl/N-ethyl adjacent to an activating group) is 1. The minimum atomic E-state index is -4.47. The number of phosphoric acid groups is 1. The third-order valence-electron chi connectivity index (χ3n) is 14.5. The lowest BCUT2D eigenvalue weighted by Crippen LogP contribution is -2.47. The number of phosphoric ester groups is 1. The van der Waals surface area contributed by atoms with Crippen LogP contribution in [0.25, 0.3) is 0 Å². The second-order valence-electron chi connectivity index (χ2n) is 23.9. The van der Waals surface area contributed by atoms with Crippen LogP contribution in [0.1, 0.15) is 271 Å². The van der Waals surface area contributed by atoms with Crippen LogP contribution in [0.4, 0.5) is 0 Å². The zero-order valence-corrected chi connectivity index (χ0v) is 56.9. The van der Waals surface area contributed by atoms with Gasteiger partial charge >= 0.3 is 13.8 Å². The molecule has 0 spiro atoms. The van der Waals surface area contributed by atoms with E-state index in [0.717, 1.165) is 161 Å². The Morgan fingerprint density at radius 3 is 1.12 bits per heavy atom. The standard InChI is InChI=1S/C76H129N2O7P/c1-7-10-13-16-19-22-25-28-30-32-34-36-37-38-39-40-41-43-45-47-49-51-54-57-60-63-66-69-76(80)85-74(67-64-61-58-55-52-27-24-21-18-15-12-9-3)73(72-84-86(81,82)83-71-70-78(4,5)6)77-75(79)68-65-62-59-56-53-50-48-46-44-42-35-33-31-29-26-23-20-17-14-11-8-2/h10-11,13-14,19-20,22-23,28-31,34-36,38-39,41-43,46,48,64,67,73-74H,7-9,12,15-18,21,24-27,32-33,37,40,44-45,47,49-63,65-66,68-72H2,1-6H3,(H-,77,79,81,82)/p+1/b13-10-,14-11-,22-19-,23-20-,30-28-,31-29-,36-34-,39-38-,42-35-,43-41-,48-46-,67-64-. The van der Waals surface area contributed by atoms with E-state index >= 15 is 0 Å². The second-order valence-corrected chi connectivity index (χ2v) is 25.4. The van der Waals surface area contributed by atoms with Crippen LogP contribution in [0.3, 0.4) is 0 Å². The fourth-order valence-electron chi connectivity index (χ4n) is 9.26. The summed E-state index contributed by atoms with van der Waals surface area (Å²) in [5.41, 5.74) is 0. The molecule has 0 aliphatic heterocycles. The van der Waals surface area contributed by atoms with E-state index in [1.165, 1.54) is 77.0 Å². The molecule has 0 radical (unpaired) electrons. The minimum Gasteiger partial charge on any atom is -0.456 e. The summed E-state index contributed by atoms with van der Waals surface area (Å²) in [6, 6.07) is -0.874. The Kier molecular flexibility index (Phi) is 60.8. The molecule has 0 fully saturated rings. The van der Waals surface area contributed by atoms with Gasteiger partial charge in [0.2, 0.25) is 5.91 Å². The van der Waals surface area contributed by atoms with Gasteiger partial charge in [0.15, 0.2) is 0 Å². The highest BCUT2D eigenvalue weighted by molar-refractivity contribution is 7.47. The van der Waals surface area contributed by atoms with Crippen LogP contribution in [0.2, 0.25) is 0 Å². The van der Waals surface area contributed by atoms with E-state index in [-0.39, 0.29) is 31.5 Å². The first-order valence-corrected chi connectivity index (χ1v) is 36.2. The third kappa shape index (κ3) is 64.4. The van der Waals surface area contributed by atoms with Crippen molar-refractivity contribution in [2.75, 3.05) is 40.9 Å². The average Bonchev–Trinajstić information content (AvgIpc) is 3.65. The summed E-state index contributed by atoms with van der Waals surface area (Å²) < 4.78 is 30.8. The summed E-state index contributed by atoms with van der Waals surface area (Å²) in [5, 5.41) is 3.05. The number of allylic oxidation sites excluding steroid dienone is 23. The molecule has 0 saturated carbocycles. The average molecular weight is 1210 g/mol. The molecule has 0 aliphatic rings. The van der Waals surface area contributed by atoms with Gasteiger partial charge in [0, 0.05) is 12.8 Å². The summed E-state index contributed by atoms with van der Waals surface area (Å²) in [7, 11) is 1.46. The topological polar surface area (TPSA) is 111 Å². The normalized spacial score (nSPS) is 14.5. The Labute approximate surface area is 529 Å². The summed E-state index contributed by atoms with van der Waals surface area (Å²) in [5.74, 6) is -0.544. The van der Waals surface area contributed by atoms with Crippen molar-refractivity contribution < 1.29 is 37.3 Å². The molecule has 0 aliphatic carbocycles. The first-order chi connectivity index (χ1) is 41.9. The molecule has 0 aromatic heterocycles. The number of rotatable bonds is 61. The first kappa shape index (κ1) is 81.9. The Bertz CT molecular complexity index is 1980. The number of esters is 1. The minimum absolute atomic E-state index is 0.0267. The molecule has 0 aromatic carbocycles. The van der Waals surface area contributed by atoms with Crippen LogP contribution in [-0.2, 0) is 27.9 Å². The van der Waals surface area contributed by atoms with Gasteiger partial charge in [-0.05, 0) is 128 Å². The summed E-state index contributed by atoms with van der Waals surface area (Å²) in [6.45, 7) is 6.76. The molecular weight excluding hydrogens is 1080 g/mol. The fraction of sp³-hybridized carbons (Fsp3) is 0.658. The van der Waals surface area contributed by atoms with Crippen molar-refractivity contribution in [3.63, 3.8) is 0 Å². The number of quaternary nitrogens is 1. The van der Waals surface area contributed by atoms with Gasteiger partial charge in [0.05, 0.1) is 33.8 Å². The molecule has 3 atom stereocenters. The Hall–Kier alpha value is -4.11. The molecule has 2 N–H and O–H groups in total. The van der Waals surface area contributed by atoms with E-state index in [9.17, 15) is 19.0 Å². The predicted molar refractivity (Wildman–Crippen MR) is 373 cm³/mol. The zero-order valence-electron chi connectivity index (χ0n) is 56.0. The van der Waals surface area contributed by atoms with Crippen molar-refractivity contribution in [3.05, 3.63) is 146 Å². The molecule has 0 bridgehead atoms. The maximum absolute atomic E-state index is 13.6. The fourth-order valence-corrected chi connectivity index (χ4v) is 10.00. The molecule has 9 nitrogen and oxygen atoms in total. The number of unbranched alkanes of at least 4 members (excludes halogenated alkanes) is 23. The van der Waals surface area contributed by atoms with Crippen LogP contribution in [-0.4, -0.2) is 74.3 Å². The van der Waals surface area contributed by atoms with E-state index in [0.29, 0.717) is 17.4 Å². The van der Waals surface area contributed by atoms with Gasteiger partial charge in [0.1, 0.15) is 19.3 Å². The lowest BCUT2D eigenvalue weighted by atomic mass is 10.0. The van der Waals surface area contributed by atoms with Gasteiger partial charge < -0.3 is 19.4 Å². The SMILES string of the molecule is CC/C=C\C/C=C\C/C=C\C/C=C\C/C=C\C/C=C\CCCCCCCCCCC(=O)OC(/C=C\CCCCCCCCCCCC)C(COP(=O)(O)OCC[N+](C)(C)C)NC(=O)CCCCCCC/C=C\C/C=C\C/C=C\C/C=C\C/C=C\CC. The number of carbonyl (C=O) groups is 2. The first-order valence-electron chi connectivity index (χ1n) is 34.7. The van der Waals surface area contributed by atoms with E-state index in [2.05, 4.69) is 160 Å². The van der Waals surface area contributed by atoms with Crippen molar-refractivity contribution in [3.8, 4) is 0 Å². The second kappa shape index (κ2) is 63.9. The summed E-state index contributed by atoms with van der Waals surface area (Å²) >= 11 is 0. The largest absolute Gasteiger partial charge is 0.472 e. The smallest absolute Gasteiger partial charge is 0.456 e. The van der Waals surface area contributed by atoms with Crippen LogP contribution in [0, 0.1) is 0 Å². The molecule has 3 unspecified atom stereocenters. The summed E-state index contributed by atoms with van der Waals surface area (Å²) in [4.78, 5) is 37.9. The number of hydrogen-bond donors (Lipinski definition) is 2. The van der Waals surface area contributed by atoms with Crippen LogP contribution in [0.5, 0.6) is 0 Å². The molecule has 0 aromatic rings. The Balaban J connectivity index is 5.17. The number of nitrogens with one attached hydrogen (secondary N) is 1. The van der Waals surface area contributed by atoms with Gasteiger partial charge in [-0.15, -0.1) is 0 Å². The molecular formula is C76H130N2O7P+. The highest BCUT2D eigenvalue weighted by Crippen LogP contribution is 2.43. The zero-order chi connectivity index (χ0) is 62.8. The van der Waals surface area contributed by atoms with Crippen molar-refractivity contribution in [1.29, 1.82) is 0 Å². The van der Waals surface area contributed by atoms with Crippen LogP contribution < -0.4 is 5.32 Å². The van der Waals surface area contributed by atoms with Crippen LogP contribution in [0.15, 0.2) is 146 Å². The molecule has 0 saturated heterocycles. The quantitative estimate of drug-likeness (QED) is 0.0205. The highest BCUT2D eigenvalue weighted by Gasteiger charge is 2.30. The molecule has 86 heavy (non-hydrogen) atoms. The van der Waals surface area contributed by atoms with E-state index < -0.39 is 20.0 Å². The number of nitrogens with zero attached hydrogens (tertiary/aromatic N) is 1. The Morgan fingerprint density at radius 1 is 0.419 bits per heavy atom. The summed E-state index contributed by atoms with van der Waals surface area (Å²) in [6.07, 6.45) is 92.8. The maximum Gasteiger partial charge on any atom is 0.472 e. The van der Waals surface area contributed by atoms with E-state index in [4.69, 9.17) is 13.8 Å². The van der Waals surface area contributed by atoms with Gasteiger partial charge in [-0.25, -0.2) is 4.57 Å². The van der Waals surface area contributed by atoms with Crippen molar-refractivity contribution in [1.82, 2.24) is 5.32 Å². The maximum atomic E-state index is 13.6. The molecule has 0 heterocycles. The third-order valence-corrected chi connectivity index (χ3v) is 15.5. The van der Waals surface area contributed by atoms with Gasteiger partial charge in [-0.3, -0.25) is 18.6 Å². The highest BCUT2D eigenvalue weighted by atomic mass is 31.2.